The fraction of sp³-hybridized carbons (Fsp3) is 0.462. The van der Waals surface area contributed by atoms with Crippen LogP contribution in [0.4, 0.5) is 17.6 Å². The number of pyridine rings is 1. The molecule has 6 rings (SSSR count). The summed E-state index contributed by atoms with van der Waals surface area (Å²) in [4.78, 5) is 45.3. The largest absolute Gasteiger partial charge is 0.477 e. The van der Waals surface area contributed by atoms with Crippen LogP contribution in [0.5, 0.6) is 0 Å². The number of carbonyl (C=O) groups excluding carboxylic acids is 2. The maximum Gasteiger partial charge on any atom is 0.433 e. The number of aromatic nitrogens is 4. The molecule has 0 aliphatic heterocycles. The second-order valence-electron chi connectivity index (χ2n) is 10.4. The quantitative estimate of drug-likeness (QED) is 0.203. The minimum absolute atomic E-state index is 0.0942. The highest BCUT2D eigenvalue weighted by molar-refractivity contribution is 6.13. The van der Waals surface area contributed by atoms with E-state index in [9.17, 15) is 37.1 Å². The first kappa shape index (κ1) is 31.1. The zero-order valence-corrected chi connectivity index (χ0v) is 23.1. The van der Waals surface area contributed by atoms with E-state index in [0.29, 0.717) is 12.1 Å². The summed E-state index contributed by atoms with van der Waals surface area (Å²) in [7, 11) is 1.41. The Labute approximate surface area is 241 Å². The molecule has 0 spiro atoms. The van der Waals surface area contributed by atoms with E-state index in [2.05, 4.69) is 25.2 Å². The zero-order valence-electron chi connectivity index (χ0n) is 22.3. The van der Waals surface area contributed by atoms with Gasteiger partial charge >= 0.3 is 18.1 Å². The van der Waals surface area contributed by atoms with Gasteiger partial charge in [-0.15, -0.1) is 0 Å². The molecular weight excluding hydrogens is 588 g/mol. The number of nitrogens with zero attached hydrogens (tertiary/aromatic N) is 4. The van der Waals surface area contributed by atoms with Gasteiger partial charge in [0.1, 0.15) is 11.4 Å². The monoisotopic (exact) mass is 614 g/mol. The SMILES string of the molecule is COC(=O)C12CCC(CNC(=O)c3cc(C(=O)O)nc4c(F)cnn34)(CC1)CC2.FC(F)(F)c1cc(CNCl)ccn1. The third-order valence-electron chi connectivity index (χ3n) is 7.91. The summed E-state index contributed by atoms with van der Waals surface area (Å²) in [5.74, 6) is -2.87. The van der Waals surface area contributed by atoms with Crippen molar-refractivity contribution in [1.82, 2.24) is 29.7 Å². The second-order valence-corrected chi connectivity index (χ2v) is 10.6. The predicted molar refractivity (Wildman–Crippen MR) is 139 cm³/mol. The molecule has 3 saturated carbocycles. The molecule has 11 nitrogen and oxygen atoms in total. The average Bonchev–Trinajstić information content (AvgIpc) is 3.36. The first-order valence-corrected chi connectivity index (χ1v) is 13.2. The molecule has 3 heterocycles. The van der Waals surface area contributed by atoms with Crippen LogP contribution >= 0.6 is 11.8 Å². The lowest BCUT2D eigenvalue weighted by atomic mass is 9.53. The van der Waals surface area contributed by atoms with E-state index < -0.39 is 40.7 Å². The fourth-order valence-corrected chi connectivity index (χ4v) is 5.59. The van der Waals surface area contributed by atoms with E-state index in [1.807, 2.05) is 0 Å². The molecule has 3 aliphatic rings. The average molecular weight is 615 g/mol. The van der Waals surface area contributed by atoms with E-state index in [1.54, 1.807) is 0 Å². The van der Waals surface area contributed by atoms with Crippen molar-refractivity contribution in [3.8, 4) is 0 Å². The molecular formula is C26H27ClF4N6O5. The maximum absolute atomic E-state index is 13.9. The van der Waals surface area contributed by atoms with Gasteiger partial charge in [-0.2, -0.15) is 18.3 Å². The highest BCUT2D eigenvalue weighted by Gasteiger charge is 2.53. The lowest BCUT2D eigenvalue weighted by Crippen LogP contribution is -2.50. The van der Waals surface area contributed by atoms with Crippen LogP contribution in [0, 0.1) is 16.6 Å². The Morgan fingerprint density at radius 1 is 1.14 bits per heavy atom. The molecule has 226 valence electrons. The van der Waals surface area contributed by atoms with Gasteiger partial charge in [0, 0.05) is 25.4 Å². The second kappa shape index (κ2) is 12.2. The molecule has 0 atom stereocenters. The van der Waals surface area contributed by atoms with Crippen molar-refractivity contribution < 1.29 is 41.8 Å². The number of rotatable bonds is 7. The molecule has 16 heteroatoms. The molecule has 3 aliphatic carbocycles. The molecule has 1 amide bonds. The minimum atomic E-state index is -4.40. The standard InChI is InChI=1S/C19H21FN4O5.C7H6ClF3N2/c1-29-17(28)19-5-2-18(3-6-19,4-7-19)10-21-15(25)13-8-12(16(26)27)23-14-11(20)9-22-24(13)14;8-13-4-5-1-2-12-6(3-5)7(9,10)11/h8-9H,2-7,10H2,1H3,(H,21,25)(H,26,27);1-3,13H,4H2. The molecule has 2 bridgehead atoms. The maximum atomic E-state index is 13.9. The number of alkyl halides is 3. The smallest absolute Gasteiger partial charge is 0.433 e. The molecule has 3 N–H and O–H groups in total. The Hall–Kier alpha value is -3.85. The van der Waals surface area contributed by atoms with Gasteiger partial charge < -0.3 is 15.2 Å². The van der Waals surface area contributed by atoms with Crippen molar-refractivity contribution in [1.29, 1.82) is 0 Å². The molecule has 0 saturated heterocycles. The van der Waals surface area contributed by atoms with Crippen LogP contribution in [0.15, 0.2) is 30.6 Å². The Balaban J connectivity index is 0.000000262. The summed E-state index contributed by atoms with van der Waals surface area (Å²) < 4.78 is 56.1. The van der Waals surface area contributed by atoms with E-state index >= 15 is 0 Å². The Kier molecular flexibility index (Phi) is 9.01. The number of ether oxygens (including phenoxy) is 1. The lowest BCUT2D eigenvalue weighted by molar-refractivity contribution is -0.162. The number of methoxy groups -OCH3 is 1. The van der Waals surface area contributed by atoms with Crippen molar-refractivity contribution in [3.63, 3.8) is 0 Å². The number of nitrogens with one attached hydrogen (secondary N) is 2. The fourth-order valence-electron chi connectivity index (χ4n) is 5.43. The highest BCUT2D eigenvalue weighted by Crippen LogP contribution is 2.57. The van der Waals surface area contributed by atoms with Crippen molar-refractivity contribution in [2.75, 3.05) is 13.7 Å². The topological polar surface area (TPSA) is 148 Å². The number of esters is 1. The van der Waals surface area contributed by atoms with Gasteiger partial charge in [-0.25, -0.2) is 23.5 Å². The molecule has 0 radical (unpaired) electrons. The number of aromatic carboxylic acids is 1. The third kappa shape index (κ3) is 6.46. The molecule has 0 aromatic carbocycles. The molecule has 3 aromatic rings. The van der Waals surface area contributed by atoms with Crippen molar-refractivity contribution in [2.24, 2.45) is 10.8 Å². The number of carboxylic acids is 1. The number of carbonyl (C=O) groups is 3. The number of amides is 1. The summed E-state index contributed by atoms with van der Waals surface area (Å²) in [6, 6.07) is 3.50. The van der Waals surface area contributed by atoms with Crippen LogP contribution in [0.25, 0.3) is 5.65 Å². The van der Waals surface area contributed by atoms with E-state index in [0.717, 1.165) is 67.6 Å². The predicted octanol–water partition coefficient (Wildman–Crippen LogP) is 4.15. The summed E-state index contributed by atoms with van der Waals surface area (Å²) in [6.45, 7) is 0.562. The number of hydrogen-bond acceptors (Lipinski definition) is 8. The normalized spacial score (nSPS) is 21.4. The van der Waals surface area contributed by atoms with Gasteiger partial charge in [0.15, 0.2) is 17.2 Å². The minimum Gasteiger partial charge on any atom is -0.477 e. The summed E-state index contributed by atoms with van der Waals surface area (Å²) in [5, 5.41) is 15.8. The first-order valence-electron chi connectivity index (χ1n) is 12.8. The van der Waals surface area contributed by atoms with Gasteiger partial charge in [0.05, 0.1) is 18.7 Å². The zero-order chi connectivity index (χ0) is 30.7. The number of hydrogen-bond donors (Lipinski definition) is 3. The van der Waals surface area contributed by atoms with Crippen LogP contribution in [0.1, 0.15) is 70.8 Å². The summed E-state index contributed by atoms with van der Waals surface area (Å²) >= 11 is 5.15. The molecule has 3 fully saturated rings. The third-order valence-corrected chi connectivity index (χ3v) is 8.04. The molecule has 3 aromatic heterocycles. The Bertz CT molecular complexity index is 1470. The number of fused-ring (bicyclic) bond motifs is 4. The number of halogens is 5. The van der Waals surface area contributed by atoms with Crippen molar-refractivity contribution in [2.45, 2.75) is 51.2 Å². The van der Waals surface area contributed by atoms with Gasteiger partial charge in [0.25, 0.3) is 5.91 Å². The van der Waals surface area contributed by atoms with Crippen LogP contribution < -0.4 is 10.2 Å². The Morgan fingerprint density at radius 3 is 2.38 bits per heavy atom. The van der Waals surface area contributed by atoms with Gasteiger partial charge in [-0.3, -0.25) is 14.6 Å². The van der Waals surface area contributed by atoms with Crippen LogP contribution in [-0.2, 0) is 22.3 Å². The van der Waals surface area contributed by atoms with Crippen LogP contribution in [0.3, 0.4) is 0 Å². The molecule has 42 heavy (non-hydrogen) atoms. The van der Waals surface area contributed by atoms with Crippen LogP contribution in [0.2, 0.25) is 0 Å². The Morgan fingerprint density at radius 2 is 1.81 bits per heavy atom. The number of carboxylic acid groups (broad SMARTS) is 1. The lowest BCUT2D eigenvalue weighted by Gasteiger charge is -2.51. The van der Waals surface area contributed by atoms with Crippen molar-refractivity contribution in [3.05, 3.63) is 59.1 Å². The van der Waals surface area contributed by atoms with Crippen LogP contribution in [-0.4, -0.2) is 56.2 Å². The van der Waals surface area contributed by atoms with Gasteiger partial charge in [0.2, 0.25) is 0 Å². The summed E-state index contributed by atoms with van der Waals surface area (Å²) in [5.41, 5.74) is -1.81. The highest BCUT2D eigenvalue weighted by atomic mass is 35.5. The van der Waals surface area contributed by atoms with Gasteiger partial charge in [-0.05, 0) is 73.4 Å². The van der Waals surface area contributed by atoms with E-state index in [1.165, 1.54) is 13.2 Å². The molecule has 0 unspecified atom stereocenters. The summed E-state index contributed by atoms with van der Waals surface area (Å²) in [6.07, 6.45) is 2.15. The van der Waals surface area contributed by atoms with Gasteiger partial charge in [-0.1, -0.05) is 0 Å². The first-order chi connectivity index (χ1) is 19.8. The van der Waals surface area contributed by atoms with Crippen molar-refractivity contribution >= 4 is 35.3 Å². The van der Waals surface area contributed by atoms with E-state index in [-0.39, 0.29) is 29.3 Å². The van der Waals surface area contributed by atoms with E-state index in [4.69, 9.17) is 16.5 Å².